The Labute approximate surface area is 139 Å². The number of carbonyl (C=O) groups is 2. The Hall–Kier alpha value is -1.72. The summed E-state index contributed by atoms with van der Waals surface area (Å²) in [6, 6.07) is 4.65. The van der Waals surface area contributed by atoms with Crippen LogP contribution in [0.2, 0.25) is 10.0 Å². The molecule has 0 radical (unpaired) electrons. The van der Waals surface area contributed by atoms with E-state index in [1.165, 1.54) is 19.2 Å². The highest BCUT2D eigenvalue weighted by Gasteiger charge is 2.25. The van der Waals surface area contributed by atoms with Crippen molar-refractivity contribution in [1.82, 2.24) is 4.90 Å². The van der Waals surface area contributed by atoms with Crippen molar-refractivity contribution >= 4 is 41.3 Å². The monoisotopic (exact) mass is 345 g/mol. The molecule has 1 aromatic rings. The number of carboxylic acid groups (broad SMARTS) is 1. The SMILES string of the molecule is CN(C(=O)OC(C)(C)C)/C(=C\c1ccc(Cl)c(Cl)c1)C(=O)O. The van der Waals surface area contributed by atoms with Gasteiger partial charge < -0.3 is 9.84 Å². The van der Waals surface area contributed by atoms with Gasteiger partial charge in [0, 0.05) is 7.05 Å². The minimum atomic E-state index is -1.26. The average molecular weight is 346 g/mol. The van der Waals surface area contributed by atoms with E-state index in [0.717, 1.165) is 4.90 Å². The lowest BCUT2D eigenvalue weighted by molar-refractivity contribution is -0.134. The molecule has 22 heavy (non-hydrogen) atoms. The number of amides is 1. The van der Waals surface area contributed by atoms with Crippen molar-refractivity contribution in [2.75, 3.05) is 7.05 Å². The third-order valence-electron chi connectivity index (χ3n) is 2.49. The Balaban J connectivity index is 3.12. The molecular weight excluding hydrogens is 329 g/mol. The minimum absolute atomic E-state index is 0.243. The molecule has 0 saturated heterocycles. The molecule has 0 heterocycles. The molecule has 0 spiro atoms. The molecule has 0 aliphatic heterocycles. The molecule has 0 atom stereocenters. The minimum Gasteiger partial charge on any atom is -0.477 e. The van der Waals surface area contributed by atoms with E-state index >= 15 is 0 Å². The van der Waals surface area contributed by atoms with Crippen LogP contribution in [-0.4, -0.2) is 34.7 Å². The van der Waals surface area contributed by atoms with E-state index in [-0.39, 0.29) is 5.70 Å². The molecule has 0 bridgehead atoms. The maximum atomic E-state index is 12.0. The first-order valence-electron chi connectivity index (χ1n) is 6.38. The van der Waals surface area contributed by atoms with Gasteiger partial charge >= 0.3 is 12.1 Å². The predicted octanol–water partition coefficient (Wildman–Crippen LogP) is 4.29. The summed E-state index contributed by atoms with van der Waals surface area (Å²) < 4.78 is 5.15. The number of aliphatic carboxylic acids is 1. The van der Waals surface area contributed by atoms with E-state index in [9.17, 15) is 14.7 Å². The zero-order chi connectivity index (χ0) is 17.1. The molecule has 1 rings (SSSR count). The summed E-state index contributed by atoms with van der Waals surface area (Å²) in [5, 5.41) is 9.95. The molecule has 7 heteroatoms. The topological polar surface area (TPSA) is 66.8 Å². The lowest BCUT2D eigenvalue weighted by Crippen LogP contribution is -2.35. The highest BCUT2D eigenvalue weighted by molar-refractivity contribution is 6.42. The Morgan fingerprint density at radius 3 is 2.27 bits per heavy atom. The zero-order valence-electron chi connectivity index (χ0n) is 12.7. The van der Waals surface area contributed by atoms with Crippen molar-refractivity contribution in [2.45, 2.75) is 26.4 Å². The van der Waals surface area contributed by atoms with Gasteiger partial charge in [-0.3, -0.25) is 4.90 Å². The summed E-state index contributed by atoms with van der Waals surface area (Å²) in [4.78, 5) is 24.3. The normalized spacial score (nSPS) is 12.0. The lowest BCUT2D eigenvalue weighted by Gasteiger charge is -2.24. The van der Waals surface area contributed by atoms with E-state index in [4.69, 9.17) is 27.9 Å². The van der Waals surface area contributed by atoms with E-state index < -0.39 is 17.7 Å². The Kier molecular flexibility index (Phi) is 5.85. The second-order valence-electron chi connectivity index (χ2n) is 5.55. The molecule has 1 N–H and O–H groups in total. The molecule has 0 aromatic heterocycles. The molecule has 0 unspecified atom stereocenters. The molecule has 0 fully saturated rings. The molecule has 0 aliphatic rings. The van der Waals surface area contributed by atoms with Gasteiger partial charge in [0.15, 0.2) is 0 Å². The summed E-state index contributed by atoms with van der Waals surface area (Å²) in [6.45, 7) is 5.09. The van der Waals surface area contributed by atoms with Gasteiger partial charge in [0.1, 0.15) is 11.3 Å². The third-order valence-corrected chi connectivity index (χ3v) is 3.23. The fourth-order valence-electron chi connectivity index (χ4n) is 1.49. The molecule has 0 aliphatic carbocycles. The molecule has 5 nitrogen and oxygen atoms in total. The van der Waals surface area contributed by atoms with Crippen LogP contribution < -0.4 is 0 Å². The van der Waals surface area contributed by atoms with Crippen molar-refractivity contribution < 1.29 is 19.4 Å². The maximum absolute atomic E-state index is 12.0. The van der Waals surface area contributed by atoms with Crippen LogP contribution in [0.4, 0.5) is 4.79 Å². The van der Waals surface area contributed by atoms with Crippen molar-refractivity contribution in [2.24, 2.45) is 0 Å². The number of carbonyl (C=O) groups excluding carboxylic acids is 1. The quantitative estimate of drug-likeness (QED) is 0.830. The van der Waals surface area contributed by atoms with Crippen LogP contribution in [0.25, 0.3) is 6.08 Å². The average Bonchev–Trinajstić information content (AvgIpc) is 2.36. The number of hydrogen-bond acceptors (Lipinski definition) is 3. The summed E-state index contributed by atoms with van der Waals surface area (Å²) >= 11 is 11.7. The number of ether oxygens (including phenoxy) is 1. The van der Waals surface area contributed by atoms with Crippen molar-refractivity contribution in [3.8, 4) is 0 Å². The summed E-state index contributed by atoms with van der Waals surface area (Å²) in [5.41, 5.74) is -0.465. The number of carboxylic acids is 1. The van der Waals surface area contributed by atoms with Crippen LogP contribution in [0.5, 0.6) is 0 Å². The number of rotatable bonds is 3. The van der Waals surface area contributed by atoms with E-state index in [2.05, 4.69) is 0 Å². The Morgan fingerprint density at radius 1 is 1.23 bits per heavy atom. The molecule has 120 valence electrons. The van der Waals surface area contributed by atoms with E-state index in [1.807, 2.05) is 0 Å². The van der Waals surface area contributed by atoms with Gasteiger partial charge in [0.25, 0.3) is 0 Å². The number of likely N-dealkylation sites (N-methyl/N-ethyl adjacent to an activating group) is 1. The van der Waals surface area contributed by atoms with Gasteiger partial charge in [-0.05, 0) is 44.5 Å². The van der Waals surface area contributed by atoms with Gasteiger partial charge in [0.2, 0.25) is 0 Å². The smallest absolute Gasteiger partial charge is 0.414 e. The molecule has 0 saturated carbocycles. The Bertz CT molecular complexity index is 620. The van der Waals surface area contributed by atoms with E-state index in [0.29, 0.717) is 15.6 Å². The van der Waals surface area contributed by atoms with Gasteiger partial charge in [0.05, 0.1) is 10.0 Å². The summed E-state index contributed by atoms with van der Waals surface area (Å²) in [6.07, 6.45) is 0.551. The van der Waals surface area contributed by atoms with Crippen LogP contribution in [0.3, 0.4) is 0 Å². The van der Waals surface area contributed by atoms with Crippen LogP contribution in [0.15, 0.2) is 23.9 Å². The number of benzene rings is 1. The largest absolute Gasteiger partial charge is 0.477 e. The van der Waals surface area contributed by atoms with Crippen LogP contribution in [0, 0.1) is 0 Å². The first-order valence-corrected chi connectivity index (χ1v) is 7.13. The number of halogens is 2. The van der Waals surface area contributed by atoms with E-state index in [1.54, 1.807) is 32.9 Å². The zero-order valence-corrected chi connectivity index (χ0v) is 14.2. The van der Waals surface area contributed by atoms with Crippen molar-refractivity contribution in [1.29, 1.82) is 0 Å². The van der Waals surface area contributed by atoms with Crippen LogP contribution in [0.1, 0.15) is 26.3 Å². The second-order valence-corrected chi connectivity index (χ2v) is 6.36. The molecule has 1 amide bonds. The molecule has 1 aromatic carbocycles. The predicted molar refractivity (Wildman–Crippen MR) is 86.1 cm³/mol. The van der Waals surface area contributed by atoms with Crippen LogP contribution in [-0.2, 0) is 9.53 Å². The van der Waals surface area contributed by atoms with Gasteiger partial charge in [-0.1, -0.05) is 29.3 Å². The van der Waals surface area contributed by atoms with Crippen molar-refractivity contribution in [3.63, 3.8) is 0 Å². The fraction of sp³-hybridized carbons (Fsp3) is 0.333. The third kappa shape index (κ3) is 5.24. The van der Waals surface area contributed by atoms with Crippen molar-refractivity contribution in [3.05, 3.63) is 39.5 Å². The summed E-state index contributed by atoms with van der Waals surface area (Å²) in [7, 11) is 1.32. The van der Waals surface area contributed by atoms with Gasteiger partial charge in [-0.25, -0.2) is 9.59 Å². The number of nitrogens with zero attached hydrogens (tertiary/aromatic N) is 1. The molecular formula is C15H17Cl2NO4. The highest BCUT2D eigenvalue weighted by atomic mass is 35.5. The second kappa shape index (κ2) is 7.03. The lowest BCUT2D eigenvalue weighted by atomic mass is 10.2. The Morgan fingerprint density at radius 2 is 1.82 bits per heavy atom. The van der Waals surface area contributed by atoms with Gasteiger partial charge in [-0.15, -0.1) is 0 Å². The standard InChI is InChI=1S/C15H17Cl2NO4/c1-15(2,3)22-14(21)18(4)12(13(19)20)8-9-5-6-10(16)11(17)7-9/h5-8H,1-4H3,(H,19,20)/b12-8-. The van der Waals surface area contributed by atoms with Crippen LogP contribution >= 0.6 is 23.2 Å². The summed E-state index contributed by atoms with van der Waals surface area (Å²) in [5.74, 6) is -1.26. The first kappa shape index (κ1) is 18.3. The fourth-order valence-corrected chi connectivity index (χ4v) is 1.80. The maximum Gasteiger partial charge on any atom is 0.414 e. The van der Waals surface area contributed by atoms with Gasteiger partial charge in [-0.2, -0.15) is 0 Å². The number of hydrogen-bond donors (Lipinski definition) is 1. The first-order chi connectivity index (χ1) is 10.0. The highest BCUT2D eigenvalue weighted by Crippen LogP contribution is 2.24.